The Morgan fingerprint density at radius 2 is 2.44 bits per heavy atom. The number of carbonyl (C=O) groups is 1. The largest absolute Gasteiger partial charge is 0.323 e. The number of nitrogens with one attached hydrogen (secondary N) is 1. The van der Waals surface area contributed by atoms with E-state index in [4.69, 9.17) is 5.73 Å². The van der Waals surface area contributed by atoms with E-state index in [1.54, 1.807) is 0 Å². The monoisotopic (exact) mass is 245 g/mol. The van der Waals surface area contributed by atoms with Crippen LogP contribution in [0.5, 0.6) is 0 Å². The van der Waals surface area contributed by atoms with Crippen molar-refractivity contribution in [1.82, 2.24) is 4.90 Å². The second-order valence-corrected chi connectivity index (χ2v) is 5.50. The molecule has 0 aromatic heterocycles. The molecule has 0 spiro atoms. The summed E-state index contributed by atoms with van der Waals surface area (Å²) >= 11 is 0. The highest BCUT2D eigenvalue weighted by Gasteiger charge is 2.58. The third kappa shape index (κ3) is 1.97. The average Bonchev–Trinajstić information content (AvgIpc) is 2.87. The molecule has 4 heteroatoms. The van der Waals surface area contributed by atoms with Gasteiger partial charge in [-0.25, -0.2) is 4.79 Å². The highest BCUT2D eigenvalue weighted by molar-refractivity contribution is 5.89. The standard InChI is InChI=1S/C14H19N3O/c1-2-10-4-3-5-12(6-10)16-13(18)17-8-11-7-14(11,15)9-17/h3-6,11H,2,7-9,15H2,1H3,(H,16,18)/t11-,14-/m1/s1. The van der Waals surface area contributed by atoms with Gasteiger partial charge in [0.2, 0.25) is 0 Å². The Labute approximate surface area is 107 Å². The van der Waals surface area contributed by atoms with Crippen LogP contribution in [0.3, 0.4) is 0 Å². The number of rotatable bonds is 2. The molecule has 2 atom stereocenters. The number of urea groups is 1. The fourth-order valence-electron chi connectivity index (χ4n) is 2.75. The predicted octanol–water partition coefficient (Wildman–Crippen LogP) is 1.81. The number of hydrogen-bond donors (Lipinski definition) is 2. The molecule has 1 aliphatic carbocycles. The molecule has 96 valence electrons. The molecule has 3 rings (SSSR count). The molecular formula is C14H19N3O. The first-order valence-electron chi connectivity index (χ1n) is 6.54. The molecule has 0 unspecified atom stereocenters. The van der Waals surface area contributed by atoms with Gasteiger partial charge < -0.3 is 16.0 Å². The smallest absolute Gasteiger partial charge is 0.321 e. The molecule has 18 heavy (non-hydrogen) atoms. The Balaban J connectivity index is 1.64. The van der Waals surface area contributed by atoms with Crippen molar-refractivity contribution >= 4 is 11.7 Å². The van der Waals surface area contributed by atoms with Crippen LogP contribution in [0.1, 0.15) is 18.9 Å². The normalized spacial score (nSPS) is 29.0. The molecule has 1 saturated heterocycles. The molecule has 1 aliphatic heterocycles. The minimum absolute atomic E-state index is 0.0275. The zero-order chi connectivity index (χ0) is 12.8. The molecule has 1 heterocycles. The summed E-state index contributed by atoms with van der Waals surface area (Å²) in [6.45, 7) is 3.60. The maximum atomic E-state index is 12.1. The Morgan fingerprint density at radius 3 is 3.11 bits per heavy atom. The lowest BCUT2D eigenvalue weighted by Gasteiger charge is -2.20. The number of nitrogens with zero attached hydrogens (tertiary/aromatic N) is 1. The van der Waals surface area contributed by atoms with Crippen LogP contribution >= 0.6 is 0 Å². The molecule has 3 N–H and O–H groups in total. The first kappa shape index (κ1) is 11.5. The third-order valence-corrected chi connectivity index (χ3v) is 4.08. The maximum absolute atomic E-state index is 12.1. The van der Waals surface area contributed by atoms with Crippen molar-refractivity contribution in [2.45, 2.75) is 25.3 Å². The van der Waals surface area contributed by atoms with Crippen molar-refractivity contribution in [2.75, 3.05) is 18.4 Å². The number of amides is 2. The minimum Gasteiger partial charge on any atom is -0.323 e. The van der Waals surface area contributed by atoms with Gasteiger partial charge in [0.15, 0.2) is 0 Å². The van der Waals surface area contributed by atoms with Gasteiger partial charge in [-0.05, 0) is 36.5 Å². The van der Waals surface area contributed by atoms with Gasteiger partial charge in [-0.15, -0.1) is 0 Å². The predicted molar refractivity (Wildman–Crippen MR) is 71.4 cm³/mol. The van der Waals surface area contributed by atoms with Crippen LogP contribution in [0.15, 0.2) is 24.3 Å². The van der Waals surface area contributed by atoms with Crippen LogP contribution in [-0.4, -0.2) is 29.6 Å². The molecule has 2 aliphatic rings. The van der Waals surface area contributed by atoms with E-state index < -0.39 is 0 Å². The number of carbonyl (C=O) groups excluding carboxylic acids is 1. The van der Waals surface area contributed by atoms with Gasteiger partial charge in [-0.3, -0.25) is 0 Å². The lowest BCUT2D eigenvalue weighted by molar-refractivity contribution is 0.216. The first-order valence-corrected chi connectivity index (χ1v) is 6.54. The fraction of sp³-hybridized carbons (Fsp3) is 0.500. The Bertz CT molecular complexity index is 488. The van der Waals surface area contributed by atoms with Crippen LogP contribution in [-0.2, 0) is 6.42 Å². The maximum Gasteiger partial charge on any atom is 0.321 e. The highest BCUT2D eigenvalue weighted by atomic mass is 16.2. The van der Waals surface area contributed by atoms with Crippen LogP contribution in [0.2, 0.25) is 0 Å². The molecule has 4 nitrogen and oxygen atoms in total. The van der Waals surface area contributed by atoms with Gasteiger partial charge in [0.25, 0.3) is 0 Å². The molecule has 2 fully saturated rings. The lowest BCUT2D eigenvalue weighted by Crippen LogP contribution is -2.39. The van der Waals surface area contributed by atoms with E-state index in [-0.39, 0.29) is 11.6 Å². The number of anilines is 1. The van der Waals surface area contributed by atoms with E-state index in [1.807, 2.05) is 23.1 Å². The molecule has 2 amide bonds. The van der Waals surface area contributed by atoms with Crippen molar-refractivity contribution in [1.29, 1.82) is 0 Å². The molecule has 1 aromatic carbocycles. The van der Waals surface area contributed by atoms with Gasteiger partial charge >= 0.3 is 6.03 Å². The molecule has 0 bridgehead atoms. The zero-order valence-corrected chi connectivity index (χ0v) is 10.6. The van der Waals surface area contributed by atoms with E-state index in [0.29, 0.717) is 12.5 Å². The summed E-state index contributed by atoms with van der Waals surface area (Å²) in [6, 6.07) is 7.95. The van der Waals surface area contributed by atoms with Gasteiger partial charge in [0, 0.05) is 24.3 Å². The summed E-state index contributed by atoms with van der Waals surface area (Å²) in [6.07, 6.45) is 2.05. The van der Waals surface area contributed by atoms with E-state index >= 15 is 0 Å². The molecule has 1 saturated carbocycles. The molecule has 0 radical (unpaired) electrons. The van der Waals surface area contributed by atoms with E-state index in [9.17, 15) is 4.79 Å². The lowest BCUT2D eigenvalue weighted by atomic mass is 10.1. The summed E-state index contributed by atoms with van der Waals surface area (Å²) in [4.78, 5) is 13.9. The van der Waals surface area contributed by atoms with Gasteiger partial charge in [-0.2, -0.15) is 0 Å². The number of fused-ring (bicyclic) bond motifs is 1. The third-order valence-electron chi connectivity index (χ3n) is 4.08. The Kier molecular flexibility index (Phi) is 2.55. The van der Waals surface area contributed by atoms with E-state index in [1.165, 1.54) is 5.56 Å². The van der Waals surface area contributed by atoms with Gasteiger partial charge in [-0.1, -0.05) is 19.1 Å². The summed E-state index contributed by atoms with van der Waals surface area (Å²) in [5.74, 6) is 0.519. The number of hydrogen-bond acceptors (Lipinski definition) is 2. The number of likely N-dealkylation sites (tertiary alicyclic amines) is 1. The van der Waals surface area contributed by atoms with E-state index in [2.05, 4.69) is 18.3 Å². The average molecular weight is 245 g/mol. The van der Waals surface area contributed by atoms with Gasteiger partial charge in [0.05, 0.1) is 0 Å². The summed E-state index contributed by atoms with van der Waals surface area (Å²) in [7, 11) is 0. The minimum atomic E-state index is -0.0807. The quantitative estimate of drug-likeness (QED) is 0.835. The van der Waals surface area contributed by atoms with Crippen LogP contribution < -0.4 is 11.1 Å². The topological polar surface area (TPSA) is 58.4 Å². The molecule has 1 aromatic rings. The number of benzene rings is 1. The van der Waals surface area contributed by atoms with Crippen molar-refractivity contribution < 1.29 is 4.79 Å². The van der Waals surface area contributed by atoms with Gasteiger partial charge in [0.1, 0.15) is 0 Å². The van der Waals surface area contributed by atoms with E-state index in [0.717, 1.165) is 25.1 Å². The van der Waals surface area contributed by atoms with Crippen LogP contribution in [0, 0.1) is 5.92 Å². The van der Waals surface area contributed by atoms with Crippen LogP contribution in [0.25, 0.3) is 0 Å². The summed E-state index contributed by atoms with van der Waals surface area (Å²) in [5.41, 5.74) is 8.11. The second kappa shape index (κ2) is 3.99. The van der Waals surface area contributed by atoms with Crippen LogP contribution in [0.4, 0.5) is 10.5 Å². The van der Waals surface area contributed by atoms with Crippen molar-refractivity contribution in [3.05, 3.63) is 29.8 Å². The first-order chi connectivity index (χ1) is 8.60. The highest BCUT2D eigenvalue weighted by Crippen LogP contribution is 2.47. The number of piperidine rings is 1. The molecular weight excluding hydrogens is 226 g/mol. The van der Waals surface area contributed by atoms with Crippen molar-refractivity contribution in [3.8, 4) is 0 Å². The second-order valence-electron chi connectivity index (χ2n) is 5.50. The SMILES string of the molecule is CCc1cccc(NC(=O)N2C[C@H]3C[C@@]3(N)C2)c1. The Hall–Kier alpha value is -1.55. The Morgan fingerprint density at radius 1 is 1.61 bits per heavy atom. The zero-order valence-electron chi connectivity index (χ0n) is 10.6. The van der Waals surface area contributed by atoms with Crippen molar-refractivity contribution in [3.63, 3.8) is 0 Å². The number of aryl methyl sites for hydroxylation is 1. The summed E-state index contributed by atoms with van der Waals surface area (Å²) in [5, 5.41) is 2.95. The summed E-state index contributed by atoms with van der Waals surface area (Å²) < 4.78 is 0. The van der Waals surface area contributed by atoms with Crippen molar-refractivity contribution in [2.24, 2.45) is 11.7 Å². The fourth-order valence-corrected chi connectivity index (χ4v) is 2.75. The number of nitrogens with two attached hydrogens (primary N) is 1.